The zero-order valence-electron chi connectivity index (χ0n) is 14.1. The number of rotatable bonds is 2. The zero-order chi connectivity index (χ0) is 19.3. The molecule has 2 fully saturated rings. The first-order chi connectivity index (χ1) is 12.8. The smallest absolute Gasteiger partial charge is 0.417 e. The lowest BCUT2D eigenvalue weighted by atomic mass is 10.0. The summed E-state index contributed by atoms with van der Waals surface area (Å²) in [6.07, 6.45) is -4.73. The van der Waals surface area contributed by atoms with Crippen LogP contribution in [0.3, 0.4) is 0 Å². The molecule has 2 unspecified atom stereocenters. The maximum atomic E-state index is 14.8. The summed E-state index contributed by atoms with van der Waals surface area (Å²) in [5, 5.41) is 3.25. The number of ether oxygens (including phenoxy) is 2. The van der Waals surface area contributed by atoms with Gasteiger partial charge in [-0.15, -0.1) is 0 Å². The fourth-order valence-corrected chi connectivity index (χ4v) is 4.06. The molecule has 6 nitrogen and oxygen atoms in total. The number of halogens is 5. The van der Waals surface area contributed by atoms with Crippen molar-refractivity contribution in [3.63, 3.8) is 0 Å². The highest BCUT2D eigenvalue weighted by molar-refractivity contribution is 9.10. The van der Waals surface area contributed by atoms with Crippen LogP contribution in [-0.2, 0) is 10.9 Å². The number of nitrogens with one attached hydrogen (secondary N) is 1. The first-order valence-corrected chi connectivity index (χ1v) is 8.98. The van der Waals surface area contributed by atoms with Crippen molar-refractivity contribution in [2.75, 3.05) is 38.3 Å². The largest absolute Gasteiger partial charge is 0.467 e. The quantitative estimate of drug-likeness (QED) is 0.709. The SMILES string of the molecule is COc1nc(N2C3CNCC2COC3)c2cc(C(F)(F)F)c(Br)c(F)c2n1. The molecule has 4 rings (SSSR count). The predicted molar refractivity (Wildman–Crippen MR) is 92.5 cm³/mol. The lowest BCUT2D eigenvalue weighted by Gasteiger charge is -2.47. The summed E-state index contributed by atoms with van der Waals surface area (Å²) in [6, 6.07) is 0.499. The van der Waals surface area contributed by atoms with Gasteiger partial charge in [-0.3, -0.25) is 0 Å². The molecule has 2 aromatic rings. The number of aromatic nitrogens is 2. The van der Waals surface area contributed by atoms with Gasteiger partial charge in [0.05, 0.1) is 42.4 Å². The second-order valence-corrected chi connectivity index (χ2v) is 7.18. The second-order valence-electron chi connectivity index (χ2n) is 6.39. The van der Waals surface area contributed by atoms with Gasteiger partial charge in [-0.05, 0) is 22.0 Å². The van der Waals surface area contributed by atoms with Crippen LogP contribution in [-0.4, -0.2) is 55.5 Å². The van der Waals surface area contributed by atoms with Gasteiger partial charge in [-0.25, -0.2) is 4.39 Å². The van der Waals surface area contributed by atoms with Gasteiger partial charge >= 0.3 is 12.2 Å². The Labute approximate surface area is 160 Å². The Bertz CT molecular complexity index is 873. The molecule has 2 atom stereocenters. The van der Waals surface area contributed by atoms with E-state index in [9.17, 15) is 17.6 Å². The van der Waals surface area contributed by atoms with Crippen LogP contribution >= 0.6 is 15.9 Å². The van der Waals surface area contributed by atoms with Crippen LogP contribution in [0, 0.1) is 5.82 Å². The van der Waals surface area contributed by atoms with E-state index in [4.69, 9.17) is 9.47 Å². The fraction of sp³-hybridized carbons (Fsp3) is 0.500. The van der Waals surface area contributed by atoms with Gasteiger partial charge in [0.25, 0.3) is 0 Å². The average molecular weight is 451 g/mol. The Morgan fingerprint density at radius 3 is 2.52 bits per heavy atom. The number of benzene rings is 1. The van der Waals surface area contributed by atoms with Crippen molar-refractivity contribution in [1.82, 2.24) is 15.3 Å². The second kappa shape index (κ2) is 6.71. The van der Waals surface area contributed by atoms with E-state index in [1.54, 1.807) is 0 Å². The number of nitrogens with zero attached hydrogens (tertiary/aromatic N) is 3. The van der Waals surface area contributed by atoms with Crippen molar-refractivity contribution < 1.29 is 27.0 Å². The number of piperazine rings is 1. The van der Waals surface area contributed by atoms with Crippen LogP contribution < -0.4 is 15.0 Å². The number of hydrogen-bond acceptors (Lipinski definition) is 6. The minimum atomic E-state index is -4.73. The minimum absolute atomic E-state index is 0.0115. The number of alkyl halides is 3. The van der Waals surface area contributed by atoms with E-state index in [2.05, 4.69) is 31.2 Å². The topological polar surface area (TPSA) is 59.5 Å². The van der Waals surface area contributed by atoms with E-state index in [0.717, 1.165) is 6.07 Å². The molecule has 0 aliphatic carbocycles. The fourth-order valence-electron chi connectivity index (χ4n) is 3.54. The van der Waals surface area contributed by atoms with Crippen LogP contribution in [0.25, 0.3) is 10.9 Å². The molecular formula is C16H15BrF4N4O2. The Morgan fingerprint density at radius 2 is 1.93 bits per heavy atom. The van der Waals surface area contributed by atoms with E-state index < -0.39 is 22.0 Å². The maximum absolute atomic E-state index is 14.8. The van der Waals surface area contributed by atoms with Crippen LogP contribution in [0.2, 0.25) is 0 Å². The zero-order valence-corrected chi connectivity index (χ0v) is 15.7. The highest BCUT2D eigenvalue weighted by atomic mass is 79.9. The van der Waals surface area contributed by atoms with Crippen molar-refractivity contribution in [3.05, 3.63) is 21.9 Å². The standard InChI is InChI=1S/C16H15BrF4N4O2/c1-26-15-23-13-9(2-10(16(19,20)21)11(17)12(13)18)14(24-15)25-7-3-22-4-8(25)6-27-5-7/h2,7-8,22H,3-6H2,1H3. The summed E-state index contributed by atoms with van der Waals surface area (Å²) in [5.41, 5.74) is -1.34. The number of anilines is 1. The molecule has 1 N–H and O–H groups in total. The Morgan fingerprint density at radius 1 is 1.26 bits per heavy atom. The molecule has 0 spiro atoms. The normalized spacial score (nSPS) is 23.0. The third kappa shape index (κ3) is 3.11. The summed E-state index contributed by atoms with van der Waals surface area (Å²) in [4.78, 5) is 10.1. The summed E-state index contributed by atoms with van der Waals surface area (Å²) in [7, 11) is 1.32. The monoisotopic (exact) mass is 450 g/mol. The van der Waals surface area contributed by atoms with Gasteiger partial charge < -0.3 is 19.7 Å². The van der Waals surface area contributed by atoms with Crippen LogP contribution in [0.5, 0.6) is 6.01 Å². The Balaban J connectivity index is 2.00. The molecule has 3 heterocycles. The van der Waals surface area contributed by atoms with Crippen LogP contribution in [0.4, 0.5) is 23.4 Å². The van der Waals surface area contributed by atoms with Gasteiger partial charge in [0, 0.05) is 18.5 Å². The van der Waals surface area contributed by atoms with E-state index in [1.807, 2.05) is 4.90 Å². The molecule has 11 heteroatoms. The predicted octanol–water partition coefficient (Wildman–Crippen LogP) is 2.74. The van der Waals surface area contributed by atoms with Crippen molar-refractivity contribution >= 4 is 32.7 Å². The third-order valence-corrected chi connectivity index (χ3v) is 5.51. The Hall–Kier alpha value is -1.72. The molecule has 146 valence electrons. The van der Waals surface area contributed by atoms with Gasteiger partial charge in [0.15, 0.2) is 5.82 Å². The van der Waals surface area contributed by atoms with Crippen molar-refractivity contribution in [1.29, 1.82) is 0 Å². The molecule has 27 heavy (non-hydrogen) atoms. The molecule has 1 aromatic heterocycles. The summed E-state index contributed by atoms with van der Waals surface area (Å²) < 4.78 is 64.9. The molecule has 0 saturated carbocycles. The molecule has 0 amide bonds. The van der Waals surface area contributed by atoms with Crippen molar-refractivity contribution in [3.8, 4) is 6.01 Å². The summed E-state index contributed by atoms with van der Waals surface area (Å²) in [5.74, 6) is -0.883. The number of fused-ring (bicyclic) bond motifs is 3. The van der Waals surface area contributed by atoms with E-state index in [1.165, 1.54) is 7.11 Å². The Kier molecular flexibility index (Phi) is 4.63. The third-order valence-electron chi connectivity index (χ3n) is 4.73. The molecule has 2 bridgehead atoms. The lowest BCUT2D eigenvalue weighted by molar-refractivity contribution is -0.138. The molecule has 2 aliphatic heterocycles. The van der Waals surface area contributed by atoms with E-state index >= 15 is 0 Å². The molecule has 2 saturated heterocycles. The van der Waals surface area contributed by atoms with Gasteiger partial charge in [0.2, 0.25) is 0 Å². The summed E-state index contributed by atoms with van der Waals surface area (Å²) in [6.45, 7) is 1.94. The molecular weight excluding hydrogens is 436 g/mol. The van der Waals surface area contributed by atoms with E-state index in [-0.39, 0.29) is 34.8 Å². The number of methoxy groups -OCH3 is 1. The molecule has 1 aromatic carbocycles. The molecule has 0 radical (unpaired) electrons. The van der Waals surface area contributed by atoms with Gasteiger partial charge in [-0.2, -0.15) is 23.1 Å². The van der Waals surface area contributed by atoms with Crippen molar-refractivity contribution in [2.45, 2.75) is 18.3 Å². The number of morpholine rings is 1. The lowest BCUT2D eigenvalue weighted by Crippen LogP contribution is -2.64. The maximum Gasteiger partial charge on any atom is 0.417 e. The molecule has 2 aliphatic rings. The van der Waals surface area contributed by atoms with Gasteiger partial charge in [0.1, 0.15) is 11.3 Å². The van der Waals surface area contributed by atoms with Crippen molar-refractivity contribution in [2.24, 2.45) is 0 Å². The number of hydrogen-bond donors (Lipinski definition) is 1. The first-order valence-electron chi connectivity index (χ1n) is 8.19. The van der Waals surface area contributed by atoms with Crippen LogP contribution in [0.15, 0.2) is 10.5 Å². The highest BCUT2D eigenvalue weighted by Gasteiger charge is 2.39. The first kappa shape index (κ1) is 18.6. The summed E-state index contributed by atoms with van der Waals surface area (Å²) >= 11 is 2.71. The highest BCUT2D eigenvalue weighted by Crippen LogP contribution is 2.42. The van der Waals surface area contributed by atoms with Crippen LogP contribution in [0.1, 0.15) is 5.56 Å². The average Bonchev–Trinajstić information content (AvgIpc) is 2.62. The minimum Gasteiger partial charge on any atom is -0.467 e. The van der Waals surface area contributed by atoms with E-state index in [0.29, 0.717) is 26.3 Å². The van der Waals surface area contributed by atoms with Gasteiger partial charge in [-0.1, -0.05) is 0 Å².